The van der Waals surface area contributed by atoms with Crippen LogP contribution in [0.25, 0.3) is 11.3 Å². The Morgan fingerprint density at radius 1 is 1.11 bits per heavy atom. The molecule has 2 aromatic rings. The number of benzene rings is 1. The lowest BCUT2D eigenvalue weighted by Gasteiger charge is -2.03. The fourth-order valence-corrected chi connectivity index (χ4v) is 1.39. The summed E-state index contributed by atoms with van der Waals surface area (Å²) in [5, 5.41) is 0. The molecule has 0 amide bonds. The maximum absolute atomic E-state index is 5.16. The highest BCUT2D eigenvalue weighted by molar-refractivity contribution is 5.61. The van der Waals surface area contributed by atoms with Crippen molar-refractivity contribution in [3.8, 4) is 17.0 Å². The van der Waals surface area contributed by atoms with Crippen LogP contribution < -0.4 is 4.74 Å². The Morgan fingerprint density at radius 2 is 1.83 bits per heavy atom. The van der Waals surface area contributed by atoms with Gasteiger partial charge in [-0.15, -0.1) is 0 Å². The number of ether oxygens (including phenoxy) is 1. The molecule has 18 heavy (non-hydrogen) atoms. The molecule has 3 nitrogen and oxygen atoms in total. The molecule has 0 aliphatic rings. The standard InChI is InChI=1S/C12H12N2O.C3H8/c1-9-6-12(14-8-13-9)10-4-3-5-11(7-10)15-2;1-3-2/h3-8H,1-2H3;3H2,1-2H3. The van der Waals surface area contributed by atoms with Gasteiger partial charge in [0.05, 0.1) is 12.8 Å². The smallest absolute Gasteiger partial charge is 0.119 e. The first-order chi connectivity index (χ1) is 8.71. The molecule has 0 saturated carbocycles. The van der Waals surface area contributed by atoms with Crippen molar-refractivity contribution in [3.63, 3.8) is 0 Å². The van der Waals surface area contributed by atoms with Gasteiger partial charge in [0.15, 0.2) is 0 Å². The Morgan fingerprint density at radius 3 is 2.44 bits per heavy atom. The summed E-state index contributed by atoms with van der Waals surface area (Å²) in [7, 11) is 1.66. The molecule has 3 heteroatoms. The molecule has 1 aromatic carbocycles. The van der Waals surface area contributed by atoms with Crippen molar-refractivity contribution in [2.45, 2.75) is 27.2 Å². The zero-order valence-electron chi connectivity index (χ0n) is 11.5. The molecule has 2 rings (SSSR count). The van der Waals surface area contributed by atoms with E-state index in [0.717, 1.165) is 22.7 Å². The molecule has 96 valence electrons. The van der Waals surface area contributed by atoms with Crippen molar-refractivity contribution in [1.29, 1.82) is 0 Å². The average molecular weight is 244 g/mol. The van der Waals surface area contributed by atoms with E-state index in [1.165, 1.54) is 6.42 Å². The van der Waals surface area contributed by atoms with E-state index in [1.54, 1.807) is 13.4 Å². The Labute approximate surface area is 109 Å². The van der Waals surface area contributed by atoms with Crippen molar-refractivity contribution in [2.75, 3.05) is 7.11 Å². The third-order valence-corrected chi connectivity index (χ3v) is 2.17. The van der Waals surface area contributed by atoms with Gasteiger partial charge >= 0.3 is 0 Å². The number of aryl methyl sites for hydroxylation is 1. The van der Waals surface area contributed by atoms with E-state index in [1.807, 2.05) is 37.3 Å². The topological polar surface area (TPSA) is 35.0 Å². The fourth-order valence-electron chi connectivity index (χ4n) is 1.39. The highest BCUT2D eigenvalue weighted by Crippen LogP contribution is 2.21. The minimum Gasteiger partial charge on any atom is -0.497 e. The molecule has 1 heterocycles. The van der Waals surface area contributed by atoms with Gasteiger partial charge in [-0.2, -0.15) is 0 Å². The van der Waals surface area contributed by atoms with E-state index < -0.39 is 0 Å². The summed E-state index contributed by atoms with van der Waals surface area (Å²) in [6, 6.07) is 9.78. The van der Waals surface area contributed by atoms with Crippen molar-refractivity contribution in [3.05, 3.63) is 42.4 Å². The summed E-state index contributed by atoms with van der Waals surface area (Å²) in [6.45, 7) is 6.20. The van der Waals surface area contributed by atoms with Gasteiger partial charge in [0.2, 0.25) is 0 Å². The van der Waals surface area contributed by atoms with Crippen LogP contribution in [0.2, 0.25) is 0 Å². The van der Waals surface area contributed by atoms with Gasteiger partial charge in [-0.1, -0.05) is 32.4 Å². The first kappa shape index (κ1) is 14.2. The van der Waals surface area contributed by atoms with Crippen molar-refractivity contribution >= 4 is 0 Å². The minimum atomic E-state index is 0.837. The summed E-state index contributed by atoms with van der Waals surface area (Å²) in [5.74, 6) is 0.837. The fraction of sp³-hybridized carbons (Fsp3) is 0.333. The Bertz CT molecular complexity index is 483. The molecular formula is C15H20N2O. The molecule has 0 atom stereocenters. The molecule has 0 fully saturated rings. The van der Waals surface area contributed by atoms with E-state index in [9.17, 15) is 0 Å². The monoisotopic (exact) mass is 244 g/mol. The number of methoxy groups -OCH3 is 1. The quantitative estimate of drug-likeness (QED) is 0.804. The average Bonchev–Trinajstić information content (AvgIpc) is 2.40. The second kappa shape index (κ2) is 7.43. The first-order valence-electron chi connectivity index (χ1n) is 6.14. The lowest BCUT2D eigenvalue weighted by molar-refractivity contribution is 0.415. The number of aromatic nitrogens is 2. The van der Waals surface area contributed by atoms with Crippen LogP contribution in [0.1, 0.15) is 26.0 Å². The zero-order valence-corrected chi connectivity index (χ0v) is 11.5. The second-order valence-electron chi connectivity index (χ2n) is 3.98. The molecule has 0 aliphatic carbocycles. The number of hydrogen-bond acceptors (Lipinski definition) is 3. The first-order valence-corrected chi connectivity index (χ1v) is 6.14. The number of nitrogens with zero attached hydrogens (tertiary/aromatic N) is 2. The summed E-state index contributed by atoms with van der Waals surface area (Å²) >= 11 is 0. The van der Waals surface area contributed by atoms with Gasteiger partial charge in [-0.25, -0.2) is 9.97 Å². The SMILES string of the molecule is CCC.COc1cccc(-c2cc(C)ncn2)c1. The predicted molar refractivity (Wildman–Crippen MR) is 74.7 cm³/mol. The predicted octanol–water partition coefficient (Wildman–Crippen LogP) is 3.88. The van der Waals surface area contributed by atoms with Gasteiger partial charge in [0.1, 0.15) is 12.1 Å². The minimum absolute atomic E-state index is 0.837. The van der Waals surface area contributed by atoms with Crippen LogP contribution in [-0.2, 0) is 0 Å². The van der Waals surface area contributed by atoms with Crippen LogP contribution in [0.4, 0.5) is 0 Å². The van der Waals surface area contributed by atoms with E-state index in [0.29, 0.717) is 0 Å². The molecule has 0 unspecified atom stereocenters. The summed E-state index contributed by atoms with van der Waals surface area (Å²) in [5.41, 5.74) is 2.92. The van der Waals surface area contributed by atoms with Crippen LogP contribution >= 0.6 is 0 Å². The highest BCUT2D eigenvalue weighted by Gasteiger charge is 2.00. The second-order valence-corrected chi connectivity index (χ2v) is 3.98. The van der Waals surface area contributed by atoms with Gasteiger partial charge in [-0.05, 0) is 25.1 Å². The Balaban J connectivity index is 0.000000492. The van der Waals surface area contributed by atoms with Crippen molar-refractivity contribution in [2.24, 2.45) is 0 Å². The Kier molecular flexibility index (Phi) is 5.85. The summed E-state index contributed by atoms with van der Waals surface area (Å²) in [4.78, 5) is 8.28. The number of hydrogen-bond donors (Lipinski definition) is 0. The number of rotatable bonds is 2. The lowest BCUT2D eigenvalue weighted by atomic mass is 10.1. The van der Waals surface area contributed by atoms with Gasteiger partial charge in [0, 0.05) is 11.3 Å². The molecule has 0 spiro atoms. The maximum atomic E-state index is 5.16. The summed E-state index contributed by atoms with van der Waals surface area (Å²) < 4.78 is 5.16. The van der Waals surface area contributed by atoms with Crippen LogP contribution in [-0.4, -0.2) is 17.1 Å². The van der Waals surface area contributed by atoms with Gasteiger partial charge in [-0.3, -0.25) is 0 Å². The molecule has 0 aliphatic heterocycles. The van der Waals surface area contributed by atoms with Gasteiger partial charge in [0.25, 0.3) is 0 Å². The molecular weight excluding hydrogens is 224 g/mol. The largest absolute Gasteiger partial charge is 0.497 e. The third kappa shape index (κ3) is 4.17. The van der Waals surface area contributed by atoms with Crippen LogP contribution in [0.3, 0.4) is 0 Å². The van der Waals surface area contributed by atoms with E-state index >= 15 is 0 Å². The Hall–Kier alpha value is -1.90. The van der Waals surface area contributed by atoms with Crippen LogP contribution in [0, 0.1) is 6.92 Å². The van der Waals surface area contributed by atoms with Crippen LogP contribution in [0.5, 0.6) is 5.75 Å². The zero-order chi connectivity index (χ0) is 13.4. The maximum Gasteiger partial charge on any atom is 0.119 e. The molecule has 0 saturated heterocycles. The molecule has 1 aromatic heterocycles. The summed E-state index contributed by atoms with van der Waals surface area (Å²) in [6.07, 6.45) is 2.82. The van der Waals surface area contributed by atoms with E-state index in [-0.39, 0.29) is 0 Å². The molecule has 0 N–H and O–H groups in total. The molecule has 0 radical (unpaired) electrons. The van der Waals surface area contributed by atoms with E-state index in [2.05, 4.69) is 23.8 Å². The van der Waals surface area contributed by atoms with Crippen molar-refractivity contribution < 1.29 is 4.74 Å². The molecule has 0 bridgehead atoms. The lowest BCUT2D eigenvalue weighted by Crippen LogP contribution is -1.89. The van der Waals surface area contributed by atoms with Crippen LogP contribution in [0.15, 0.2) is 36.7 Å². The third-order valence-electron chi connectivity index (χ3n) is 2.17. The van der Waals surface area contributed by atoms with E-state index in [4.69, 9.17) is 4.74 Å². The normalized spacial score (nSPS) is 9.33. The van der Waals surface area contributed by atoms with Crippen molar-refractivity contribution in [1.82, 2.24) is 9.97 Å². The highest BCUT2D eigenvalue weighted by atomic mass is 16.5. The van der Waals surface area contributed by atoms with Gasteiger partial charge < -0.3 is 4.74 Å².